The van der Waals surface area contributed by atoms with Crippen LogP contribution >= 0.6 is 0 Å². The highest BCUT2D eigenvalue weighted by atomic mass is 16.4. The zero-order chi connectivity index (χ0) is 25.3. The molecule has 0 saturated heterocycles. The first-order valence-corrected chi connectivity index (χ1v) is 13.6. The summed E-state index contributed by atoms with van der Waals surface area (Å²) in [6.45, 7) is 0.588. The number of nitrogens with two attached hydrogens (primary N) is 1. The molecule has 8 heteroatoms. The van der Waals surface area contributed by atoms with Crippen molar-refractivity contribution in [2.45, 2.75) is 141 Å². The summed E-state index contributed by atoms with van der Waals surface area (Å²) in [5.74, 6) is 3.65. The van der Waals surface area contributed by atoms with Crippen LogP contribution in [0.5, 0.6) is 0 Å². The fraction of sp³-hybridized carbons (Fsp3) is 0.885. The van der Waals surface area contributed by atoms with Crippen LogP contribution in [0.4, 0.5) is 0 Å². The summed E-state index contributed by atoms with van der Waals surface area (Å²) < 4.78 is 0. The Kier molecular flexibility index (Phi) is 23.3. The maximum absolute atomic E-state index is 11.8. The quantitative estimate of drug-likeness (QED) is 0.0636. The Labute approximate surface area is 206 Å². The van der Waals surface area contributed by atoms with Crippen LogP contribution in [-0.4, -0.2) is 40.6 Å². The number of carbonyl (C=O) groups is 3. The average Bonchev–Trinajstić information content (AvgIpc) is 2.80. The van der Waals surface area contributed by atoms with Crippen molar-refractivity contribution in [3.05, 3.63) is 0 Å². The molecule has 0 fully saturated rings. The Hall–Kier alpha value is -1.67. The van der Waals surface area contributed by atoms with E-state index < -0.39 is 18.0 Å². The van der Waals surface area contributed by atoms with E-state index in [9.17, 15) is 14.4 Å². The van der Waals surface area contributed by atoms with Gasteiger partial charge in [0.1, 0.15) is 6.04 Å². The van der Waals surface area contributed by atoms with Gasteiger partial charge >= 0.3 is 11.9 Å². The molecule has 0 aromatic rings. The molecule has 8 nitrogen and oxygen atoms in total. The Morgan fingerprint density at radius 1 is 0.588 bits per heavy atom. The van der Waals surface area contributed by atoms with Gasteiger partial charge in [-0.15, -0.1) is 0 Å². The largest absolute Gasteiger partial charge is 0.481 e. The molecule has 0 aromatic carbocycles. The first-order valence-electron chi connectivity index (χ1n) is 13.6. The molecule has 0 heterocycles. The van der Waals surface area contributed by atoms with Crippen LogP contribution < -0.4 is 16.6 Å². The summed E-state index contributed by atoms with van der Waals surface area (Å²) >= 11 is 0. The lowest BCUT2D eigenvalue weighted by atomic mass is 10.0. The molecule has 0 aliphatic carbocycles. The fourth-order valence-corrected chi connectivity index (χ4v) is 4.10. The molecule has 1 amide bonds. The van der Waals surface area contributed by atoms with Crippen molar-refractivity contribution >= 4 is 17.8 Å². The minimum absolute atomic E-state index is 0.0879. The predicted molar refractivity (Wildman–Crippen MR) is 136 cm³/mol. The molecule has 1 atom stereocenters. The van der Waals surface area contributed by atoms with E-state index in [0.29, 0.717) is 32.2 Å². The number of hydrogen-bond acceptors (Lipinski definition) is 5. The topological polar surface area (TPSA) is 142 Å². The Bertz CT molecular complexity index is 517. The third-order valence-corrected chi connectivity index (χ3v) is 6.29. The zero-order valence-corrected chi connectivity index (χ0v) is 21.3. The van der Waals surface area contributed by atoms with Gasteiger partial charge in [-0.3, -0.25) is 20.2 Å². The molecule has 0 bridgehead atoms. The number of carboxylic acids is 2. The van der Waals surface area contributed by atoms with Crippen molar-refractivity contribution in [1.29, 1.82) is 0 Å². The number of aliphatic carboxylic acids is 2. The maximum Gasteiger partial charge on any atom is 0.322 e. The van der Waals surface area contributed by atoms with Crippen LogP contribution in [0, 0.1) is 0 Å². The molecule has 0 spiro atoms. The standard InChI is InChI=1S/C26H51N3O5/c27-29-23(26(33)34)19-17-18-22-28-24(30)20-15-13-11-9-7-5-3-1-2-4-6-8-10-12-14-16-21-25(31)32/h23,29H,1-22,27H2,(H,28,30)(H,31,32)(H,33,34)/t23-/m0/s1. The fourth-order valence-electron chi connectivity index (χ4n) is 4.10. The highest BCUT2D eigenvalue weighted by molar-refractivity contribution is 5.75. The highest BCUT2D eigenvalue weighted by Crippen LogP contribution is 2.14. The van der Waals surface area contributed by atoms with Crippen molar-refractivity contribution in [2.24, 2.45) is 5.84 Å². The van der Waals surface area contributed by atoms with E-state index in [2.05, 4.69) is 10.7 Å². The number of unbranched alkanes of at least 4 members (excludes halogenated alkanes) is 16. The van der Waals surface area contributed by atoms with Crippen LogP contribution in [0.25, 0.3) is 0 Å². The molecule has 34 heavy (non-hydrogen) atoms. The summed E-state index contributed by atoms with van der Waals surface area (Å²) in [5.41, 5.74) is 2.28. The van der Waals surface area contributed by atoms with Crippen molar-refractivity contribution in [3.63, 3.8) is 0 Å². The second-order valence-corrected chi connectivity index (χ2v) is 9.45. The second kappa shape index (κ2) is 24.5. The molecule has 6 N–H and O–H groups in total. The normalized spacial score (nSPS) is 11.9. The SMILES string of the molecule is NN[C@@H](CCCCNC(=O)CCCCCCCCCCCCCCCCCCC(=O)O)C(=O)O. The number of nitrogens with one attached hydrogen (secondary N) is 2. The van der Waals surface area contributed by atoms with Gasteiger partial charge in [0.2, 0.25) is 5.91 Å². The number of rotatable bonds is 26. The van der Waals surface area contributed by atoms with Gasteiger partial charge in [-0.2, -0.15) is 0 Å². The van der Waals surface area contributed by atoms with Gasteiger partial charge in [0, 0.05) is 19.4 Å². The smallest absolute Gasteiger partial charge is 0.322 e. The first kappa shape index (κ1) is 32.3. The van der Waals surface area contributed by atoms with Gasteiger partial charge in [-0.25, -0.2) is 5.43 Å². The minimum Gasteiger partial charge on any atom is -0.481 e. The van der Waals surface area contributed by atoms with Gasteiger partial charge in [0.15, 0.2) is 0 Å². The molecule has 0 aliphatic heterocycles. The van der Waals surface area contributed by atoms with Gasteiger partial charge < -0.3 is 15.5 Å². The summed E-state index contributed by atoms with van der Waals surface area (Å²) in [6.07, 6.45) is 22.1. The van der Waals surface area contributed by atoms with Crippen molar-refractivity contribution < 1.29 is 24.6 Å². The Balaban J connectivity index is 3.24. The molecule has 0 aromatic heterocycles. The minimum atomic E-state index is -0.947. The maximum atomic E-state index is 11.8. The lowest BCUT2D eigenvalue weighted by Gasteiger charge is -2.10. The van der Waals surface area contributed by atoms with E-state index in [1.54, 1.807) is 0 Å². The van der Waals surface area contributed by atoms with Crippen LogP contribution in [0.15, 0.2) is 0 Å². The third-order valence-electron chi connectivity index (χ3n) is 6.29. The van der Waals surface area contributed by atoms with Crippen LogP contribution in [0.1, 0.15) is 135 Å². The summed E-state index contributed by atoms with van der Waals surface area (Å²) in [6, 6.07) is -0.721. The molecule has 0 radical (unpaired) electrons. The van der Waals surface area contributed by atoms with Crippen molar-refractivity contribution in [3.8, 4) is 0 Å². The molecule has 200 valence electrons. The van der Waals surface area contributed by atoms with E-state index in [1.807, 2.05) is 0 Å². The molecule has 0 unspecified atom stereocenters. The Morgan fingerprint density at radius 3 is 1.38 bits per heavy atom. The molecule has 0 rings (SSSR count). The van der Waals surface area contributed by atoms with Gasteiger partial charge in [0.25, 0.3) is 0 Å². The van der Waals surface area contributed by atoms with E-state index in [4.69, 9.17) is 16.1 Å². The second-order valence-electron chi connectivity index (χ2n) is 9.45. The number of amides is 1. The van der Waals surface area contributed by atoms with E-state index in [1.165, 1.54) is 77.0 Å². The monoisotopic (exact) mass is 485 g/mol. The van der Waals surface area contributed by atoms with Gasteiger partial charge in [-0.05, 0) is 32.1 Å². The Morgan fingerprint density at radius 2 is 1.00 bits per heavy atom. The van der Waals surface area contributed by atoms with E-state index >= 15 is 0 Å². The van der Waals surface area contributed by atoms with Gasteiger partial charge in [0.05, 0.1) is 0 Å². The first-order chi connectivity index (χ1) is 16.5. The average molecular weight is 486 g/mol. The van der Waals surface area contributed by atoms with E-state index in [0.717, 1.165) is 32.1 Å². The van der Waals surface area contributed by atoms with Crippen LogP contribution in [-0.2, 0) is 14.4 Å². The van der Waals surface area contributed by atoms with Crippen molar-refractivity contribution in [2.75, 3.05) is 6.54 Å². The zero-order valence-electron chi connectivity index (χ0n) is 21.3. The lowest BCUT2D eigenvalue weighted by Crippen LogP contribution is -2.41. The molecular weight excluding hydrogens is 434 g/mol. The number of hydrogen-bond donors (Lipinski definition) is 5. The predicted octanol–water partition coefficient (Wildman–Crippen LogP) is 5.30. The van der Waals surface area contributed by atoms with Gasteiger partial charge in [-0.1, -0.05) is 89.9 Å². The molecule has 0 aliphatic rings. The van der Waals surface area contributed by atoms with Crippen LogP contribution in [0.2, 0.25) is 0 Å². The van der Waals surface area contributed by atoms with E-state index in [-0.39, 0.29) is 5.91 Å². The number of carboxylic acid groups (broad SMARTS) is 2. The molecule has 0 saturated carbocycles. The number of carbonyl (C=O) groups excluding carboxylic acids is 1. The molecular formula is C26H51N3O5. The van der Waals surface area contributed by atoms with Crippen LogP contribution in [0.3, 0.4) is 0 Å². The lowest BCUT2D eigenvalue weighted by molar-refractivity contribution is -0.140. The summed E-state index contributed by atoms with van der Waals surface area (Å²) in [7, 11) is 0. The highest BCUT2D eigenvalue weighted by Gasteiger charge is 2.14. The number of hydrazine groups is 1. The summed E-state index contributed by atoms with van der Waals surface area (Å²) in [5, 5.41) is 20.4. The van der Waals surface area contributed by atoms with Crippen molar-refractivity contribution in [1.82, 2.24) is 10.7 Å². The summed E-state index contributed by atoms with van der Waals surface area (Å²) in [4.78, 5) is 33.1. The third kappa shape index (κ3) is 23.5.